The van der Waals surface area contributed by atoms with Gasteiger partial charge in [-0.05, 0) is 32.7 Å². The molecule has 1 rings (SSSR count). The second-order valence-corrected chi connectivity index (χ2v) is 3.93. The molecule has 1 fully saturated rings. The lowest BCUT2D eigenvalue weighted by molar-refractivity contribution is 0.180. The van der Waals surface area contributed by atoms with Gasteiger partial charge in [-0.1, -0.05) is 19.3 Å². The van der Waals surface area contributed by atoms with Crippen LogP contribution in [0.1, 0.15) is 45.4 Å². The third-order valence-electron chi connectivity index (χ3n) is 2.60. The molecule has 1 aliphatic carbocycles. The molecule has 0 heterocycles. The zero-order valence-corrected chi connectivity index (χ0v) is 8.05. The third kappa shape index (κ3) is 4.07. The van der Waals surface area contributed by atoms with E-state index < -0.39 is 0 Å². The van der Waals surface area contributed by atoms with Crippen LogP contribution in [0.5, 0.6) is 0 Å². The monoisotopic (exact) mass is 171 g/mol. The highest BCUT2D eigenvalue weighted by molar-refractivity contribution is 4.71. The number of nitrogens with one attached hydrogen (secondary N) is 1. The average Bonchev–Trinajstić information content (AvgIpc) is 2.05. The highest BCUT2D eigenvalue weighted by Gasteiger charge is 2.11. The van der Waals surface area contributed by atoms with E-state index in [0.29, 0.717) is 0 Å². The van der Waals surface area contributed by atoms with E-state index in [1.807, 2.05) is 6.92 Å². The van der Waals surface area contributed by atoms with E-state index in [2.05, 4.69) is 5.32 Å². The molecule has 1 saturated carbocycles. The van der Waals surface area contributed by atoms with Gasteiger partial charge in [-0.25, -0.2) is 0 Å². The standard InChI is InChI=1S/C10H21NO/c1-9(12)7-8-11-10-5-3-2-4-6-10/h9-12H,2-8H2,1H3/t9-/m0/s1. The molecule has 2 N–H and O–H groups in total. The Balaban J connectivity index is 1.98. The van der Waals surface area contributed by atoms with E-state index in [1.165, 1.54) is 32.1 Å². The van der Waals surface area contributed by atoms with Crippen molar-refractivity contribution in [1.29, 1.82) is 0 Å². The van der Waals surface area contributed by atoms with Crippen molar-refractivity contribution in [2.24, 2.45) is 0 Å². The molecule has 2 nitrogen and oxygen atoms in total. The first-order valence-corrected chi connectivity index (χ1v) is 5.20. The Kier molecular flexibility index (Phi) is 4.62. The Labute approximate surface area is 75.4 Å². The van der Waals surface area contributed by atoms with Crippen molar-refractivity contribution in [1.82, 2.24) is 5.32 Å². The molecule has 0 bridgehead atoms. The molecule has 2 heteroatoms. The van der Waals surface area contributed by atoms with E-state index in [1.54, 1.807) is 0 Å². The molecule has 72 valence electrons. The summed E-state index contributed by atoms with van der Waals surface area (Å²) in [5, 5.41) is 12.5. The average molecular weight is 171 g/mol. The molecule has 0 aromatic rings. The Morgan fingerprint density at radius 3 is 2.58 bits per heavy atom. The van der Waals surface area contributed by atoms with Crippen molar-refractivity contribution in [3.05, 3.63) is 0 Å². The second kappa shape index (κ2) is 5.55. The molecule has 0 spiro atoms. The Morgan fingerprint density at radius 2 is 2.00 bits per heavy atom. The van der Waals surface area contributed by atoms with Crippen molar-refractivity contribution in [3.8, 4) is 0 Å². The van der Waals surface area contributed by atoms with Gasteiger partial charge in [0.25, 0.3) is 0 Å². The lowest BCUT2D eigenvalue weighted by Crippen LogP contribution is -2.32. The molecule has 0 unspecified atom stereocenters. The highest BCUT2D eigenvalue weighted by Crippen LogP contribution is 2.17. The number of rotatable bonds is 4. The van der Waals surface area contributed by atoms with Crippen LogP contribution in [0.2, 0.25) is 0 Å². The van der Waals surface area contributed by atoms with Gasteiger partial charge in [0.05, 0.1) is 6.10 Å². The van der Waals surface area contributed by atoms with Gasteiger partial charge in [0.1, 0.15) is 0 Å². The lowest BCUT2D eigenvalue weighted by atomic mass is 9.95. The van der Waals surface area contributed by atoms with Gasteiger partial charge in [0.15, 0.2) is 0 Å². The van der Waals surface area contributed by atoms with Gasteiger partial charge in [0.2, 0.25) is 0 Å². The molecule has 0 aromatic heterocycles. The summed E-state index contributed by atoms with van der Waals surface area (Å²) in [5.41, 5.74) is 0. The molecule has 0 aromatic carbocycles. The summed E-state index contributed by atoms with van der Waals surface area (Å²) in [4.78, 5) is 0. The van der Waals surface area contributed by atoms with Gasteiger partial charge in [-0.3, -0.25) is 0 Å². The summed E-state index contributed by atoms with van der Waals surface area (Å²) in [7, 11) is 0. The molecule has 0 aliphatic heterocycles. The van der Waals surface area contributed by atoms with Crippen LogP contribution < -0.4 is 5.32 Å². The third-order valence-corrected chi connectivity index (χ3v) is 2.60. The van der Waals surface area contributed by atoms with Crippen LogP contribution >= 0.6 is 0 Å². The molecular weight excluding hydrogens is 150 g/mol. The fourth-order valence-electron chi connectivity index (χ4n) is 1.80. The van der Waals surface area contributed by atoms with Crippen molar-refractivity contribution >= 4 is 0 Å². The normalized spacial score (nSPS) is 22.5. The topological polar surface area (TPSA) is 32.3 Å². The van der Waals surface area contributed by atoms with E-state index in [0.717, 1.165) is 19.0 Å². The van der Waals surface area contributed by atoms with Crippen LogP contribution in [0.4, 0.5) is 0 Å². The zero-order valence-electron chi connectivity index (χ0n) is 8.05. The first-order chi connectivity index (χ1) is 5.79. The Bertz CT molecular complexity index is 108. The fourth-order valence-corrected chi connectivity index (χ4v) is 1.80. The maximum Gasteiger partial charge on any atom is 0.0524 e. The number of aliphatic hydroxyl groups excluding tert-OH is 1. The Hall–Kier alpha value is -0.0800. The number of aliphatic hydroxyl groups is 1. The van der Waals surface area contributed by atoms with Crippen LogP contribution in [0.15, 0.2) is 0 Å². The van der Waals surface area contributed by atoms with Crippen LogP contribution in [0.25, 0.3) is 0 Å². The van der Waals surface area contributed by atoms with Crippen LogP contribution in [-0.2, 0) is 0 Å². The maximum atomic E-state index is 9.04. The smallest absolute Gasteiger partial charge is 0.0524 e. The molecule has 0 radical (unpaired) electrons. The fraction of sp³-hybridized carbons (Fsp3) is 1.00. The van der Waals surface area contributed by atoms with Crippen LogP contribution in [-0.4, -0.2) is 23.8 Å². The van der Waals surface area contributed by atoms with Crippen molar-refractivity contribution < 1.29 is 5.11 Å². The number of hydrogen-bond donors (Lipinski definition) is 2. The molecule has 0 amide bonds. The van der Waals surface area contributed by atoms with Crippen molar-refractivity contribution in [2.45, 2.75) is 57.6 Å². The van der Waals surface area contributed by atoms with E-state index >= 15 is 0 Å². The summed E-state index contributed by atoms with van der Waals surface area (Å²) < 4.78 is 0. The highest BCUT2D eigenvalue weighted by atomic mass is 16.3. The quantitative estimate of drug-likeness (QED) is 0.674. The summed E-state index contributed by atoms with van der Waals surface area (Å²) in [5.74, 6) is 0. The van der Waals surface area contributed by atoms with E-state index in [9.17, 15) is 0 Å². The zero-order chi connectivity index (χ0) is 8.81. The summed E-state index contributed by atoms with van der Waals surface area (Å²) in [6, 6.07) is 0.734. The summed E-state index contributed by atoms with van der Waals surface area (Å²) in [6.07, 6.45) is 7.57. The maximum absolute atomic E-state index is 9.04. The second-order valence-electron chi connectivity index (χ2n) is 3.93. The predicted octanol–water partition coefficient (Wildman–Crippen LogP) is 1.68. The van der Waals surface area contributed by atoms with E-state index in [-0.39, 0.29) is 6.10 Å². The molecular formula is C10H21NO. The van der Waals surface area contributed by atoms with Gasteiger partial charge >= 0.3 is 0 Å². The minimum absolute atomic E-state index is 0.152. The van der Waals surface area contributed by atoms with Gasteiger partial charge in [0, 0.05) is 6.04 Å². The number of hydrogen-bond acceptors (Lipinski definition) is 2. The Morgan fingerprint density at radius 1 is 1.33 bits per heavy atom. The summed E-state index contributed by atoms with van der Waals surface area (Å²) >= 11 is 0. The van der Waals surface area contributed by atoms with Crippen molar-refractivity contribution in [3.63, 3.8) is 0 Å². The summed E-state index contributed by atoms with van der Waals surface area (Å²) in [6.45, 7) is 2.82. The largest absolute Gasteiger partial charge is 0.393 e. The van der Waals surface area contributed by atoms with Gasteiger partial charge in [-0.2, -0.15) is 0 Å². The first kappa shape index (κ1) is 10.0. The SMILES string of the molecule is C[C@H](O)CCNC1CCCCC1. The molecule has 12 heavy (non-hydrogen) atoms. The van der Waals surface area contributed by atoms with Crippen molar-refractivity contribution in [2.75, 3.05) is 6.54 Å². The van der Waals surface area contributed by atoms with Gasteiger partial charge in [-0.15, -0.1) is 0 Å². The molecule has 0 saturated heterocycles. The minimum atomic E-state index is -0.152. The first-order valence-electron chi connectivity index (χ1n) is 5.20. The van der Waals surface area contributed by atoms with Crippen LogP contribution in [0.3, 0.4) is 0 Å². The molecule has 1 aliphatic rings. The predicted molar refractivity (Wildman–Crippen MR) is 51.2 cm³/mol. The van der Waals surface area contributed by atoms with Crippen LogP contribution in [0, 0.1) is 0 Å². The van der Waals surface area contributed by atoms with E-state index in [4.69, 9.17) is 5.11 Å². The van der Waals surface area contributed by atoms with Gasteiger partial charge < -0.3 is 10.4 Å². The minimum Gasteiger partial charge on any atom is -0.393 e. The lowest BCUT2D eigenvalue weighted by Gasteiger charge is -2.23. The molecule has 1 atom stereocenters.